The van der Waals surface area contributed by atoms with Gasteiger partial charge in [-0.25, -0.2) is 0 Å². The van der Waals surface area contributed by atoms with Gasteiger partial charge in [-0.1, -0.05) is 24.0 Å². The normalized spacial score (nSPS) is 25.9. The number of likely N-dealkylation sites (tertiary alicyclic amines) is 1. The van der Waals surface area contributed by atoms with Gasteiger partial charge in [-0.3, -0.25) is 4.90 Å². The molecule has 2 unspecified atom stereocenters. The van der Waals surface area contributed by atoms with Crippen LogP contribution in [0.2, 0.25) is 0 Å². The minimum Gasteiger partial charge on any atom is -0.372 e. The van der Waals surface area contributed by atoms with E-state index in [-0.39, 0.29) is 0 Å². The number of benzene rings is 1. The fraction of sp³-hybridized carbons (Fsp3) is 0.500. The van der Waals surface area contributed by atoms with Crippen molar-refractivity contribution >= 4 is 0 Å². The van der Waals surface area contributed by atoms with Crippen LogP contribution < -0.4 is 5.73 Å². The summed E-state index contributed by atoms with van der Waals surface area (Å²) >= 11 is 0. The zero-order chi connectivity index (χ0) is 13.1. The molecule has 2 atom stereocenters. The summed E-state index contributed by atoms with van der Waals surface area (Å²) in [6.45, 7) is 3.58. The van der Waals surface area contributed by atoms with Crippen LogP contribution in [0.1, 0.15) is 24.0 Å². The van der Waals surface area contributed by atoms with Gasteiger partial charge in [0.1, 0.15) is 0 Å². The van der Waals surface area contributed by atoms with Gasteiger partial charge in [0.2, 0.25) is 0 Å². The average molecular weight is 256 g/mol. The van der Waals surface area contributed by atoms with E-state index in [0.29, 0.717) is 18.8 Å². The molecule has 2 aliphatic rings. The molecule has 2 heterocycles. The molecule has 2 bridgehead atoms. The fourth-order valence-electron chi connectivity index (χ4n) is 2.93. The highest BCUT2D eigenvalue weighted by Gasteiger charge is 2.33. The Morgan fingerprint density at radius 3 is 2.47 bits per heavy atom. The van der Waals surface area contributed by atoms with Gasteiger partial charge in [-0.2, -0.15) is 0 Å². The number of morpholine rings is 1. The Hall–Kier alpha value is -1.34. The van der Waals surface area contributed by atoms with Gasteiger partial charge in [0.25, 0.3) is 0 Å². The second-order valence-corrected chi connectivity index (χ2v) is 5.35. The Balaban J connectivity index is 1.60. The van der Waals surface area contributed by atoms with Crippen molar-refractivity contribution in [1.29, 1.82) is 0 Å². The van der Waals surface area contributed by atoms with E-state index in [1.165, 1.54) is 18.4 Å². The minimum atomic E-state index is 0.415. The van der Waals surface area contributed by atoms with Gasteiger partial charge < -0.3 is 10.5 Å². The molecule has 0 aliphatic carbocycles. The number of rotatable bonds is 2. The van der Waals surface area contributed by atoms with Crippen LogP contribution in [0.5, 0.6) is 0 Å². The van der Waals surface area contributed by atoms with Crippen LogP contribution in [0.15, 0.2) is 24.3 Å². The average Bonchev–Trinajstić information content (AvgIpc) is 2.77. The van der Waals surface area contributed by atoms with E-state index >= 15 is 0 Å². The number of fused-ring (bicyclic) bond motifs is 2. The van der Waals surface area contributed by atoms with E-state index in [0.717, 1.165) is 25.2 Å². The Kier molecular flexibility index (Phi) is 3.84. The van der Waals surface area contributed by atoms with Crippen LogP contribution in [0.3, 0.4) is 0 Å². The molecule has 1 aromatic rings. The van der Waals surface area contributed by atoms with E-state index in [1.807, 2.05) is 0 Å². The van der Waals surface area contributed by atoms with Gasteiger partial charge >= 0.3 is 0 Å². The largest absolute Gasteiger partial charge is 0.372 e. The van der Waals surface area contributed by atoms with Crippen molar-refractivity contribution in [3.8, 4) is 11.8 Å². The van der Waals surface area contributed by atoms with Crippen molar-refractivity contribution in [3.63, 3.8) is 0 Å². The second kappa shape index (κ2) is 5.75. The van der Waals surface area contributed by atoms with Crippen molar-refractivity contribution in [3.05, 3.63) is 35.4 Å². The SMILES string of the molecule is NCC#Cc1ccc(CN2CC3CCC(C2)O3)cc1. The Morgan fingerprint density at radius 2 is 1.84 bits per heavy atom. The highest BCUT2D eigenvalue weighted by molar-refractivity contribution is 5.36. The number of nitrogens with zero attached hydrogens (tertiary/aromatic N) is 1. The summed E-state index contributed by atoms with van der Waals surface area (Å²) in [7, 11) is 0. The van der Waals surface area contributed by atoms with Gasteiger partial charge in [-0.15, -0.1) is 0 Å². The van der Waals surface area contributed by atoms with Crippen LogP contribution in [-0.2, 0) is 11.3 Å². The van der Waals surface area contributed by atoms with Crippen LogP contribution in [0.25, 0.3) is 0 Å². The summed E-state index contributed by atoms with van der Waals surface area (Å²) in [4.78, 5) is 2.51. The lowest BCUT2D eigenvalue weighted by Gasteiger charge is -2.32. The quantitative estimate of drug-likeness (QED) is 0.812. The molecular formula is C16H20N2O. The van der Waals surface area contributed by atoms with Crippen LogP contribution in [0, 0.1) is 11.8 Å². The zero-order valence-corrected chi connectivity index (χ0v) is 11.1. The molecule has 3 rings (SSSR count). The molecule has 3 heteroatoms. The van der Waals surface area contributed by atoms with Crippen molar-refractivity contribution in [2.24, 2.45) is 5.73 Å². The van der Waals surface area contributed by atoms with Crippen LogP contribution >= 0.6 is 0 Å². The van der Waals surface area contributed by atoms with Crippen molar-refractivity contribution in [2.45, 2.75) is 31.6 Å². The summed E-state index contributed by atoms with van der Waals surface area (Å²) in [5, 5.41) is 0. The molecule has 0 spiro atoms. The molecule has 19 heavy (non-hydrogen) atoms. The second-order valence-electron chi connectivity index (χ2n) is 5.35. The van der Waals surface area contributed by atoms with E-state index < -0.39 is 0 Å². The zero-order valence-electron chi connectivity index (χ0n) is 11.1. The summed E-state index contributed by atoms with van der Waals surface area (Å²) in [5.74, 6) is 5.93. The van der Waals surface area contributed by atoms with E-state index in [9.17, 15) is 0 Å². The van der Waals surface area contributed by atoms with Crippen molar-refractivity contribution in [1.82, 2.24) is 4.90 Å². The Bertz CT molecular complexity index is 474. The van der Waals surface area contributed by atoms with Crippen molar-refractivity contribution in [2.75, 3.05) is 19.6 Å². The molecule has 2 fully saturated rings. The first kappa shape index (κ1) is 12.7. The molecule has 0 aromatic heterocycles. The predicted octanol–water partition coefficient (Wildman–Crippen LogP) is 1.36. The molecule has 2 saturated heterocycles. The smallest absolute Gasteiger partial charge is 0.0707 e. The third-order valence-corrected chi connectivity index (χ3v) is 3.81. The number of nitrogens with two attached hydrogens (primary N) is 1. The fourth-order valence-corrected chi connectivity index (χ4v) is 2.93. The summed E-state index contributed by atoms with van der Waals surface area (Å²) in [6.07, 6.45) is 3.39. The number of hydrogen-bond acceptors (Lipinski definition) is 3. The highest BCUT2D eigenvalue weighted by atomic mass is 16.5. The number of ether oxygens (including phenoxy) is 1. The third-order valence-electron chi connectivity index (χ3n) is 3.81. The summed E-state index contributed by atoms with van der Waals surface area (Å²) in [6, 6.07) is 8.48. The molecule has 1 aromatic carbocycles. The van der Waals surface area contributed by atoms with Crippen molar-refractivity contribution < 1.29 is 4.74 Å². The topological polar surface area (TPSA) is 38.5 Å². The lowest BCUT2D eigenvalue weighted by atomic mass is 10.1. The molecule has 2 aliphatic heterocycles. The summed E-state index contributed by atoms with van der Waals surface area (Å²) < 4.78 is 5.86. The van der Waals surface area contributed by atoms with E-state index in [1.54, 1.807) is 0 Å². The Morgan fingerprint density at radius 1 is 1.16 bits per heavy atom. The van der Waals surface area contributed by atoms with E-state index in [2.05, 4.69) is 41.0 Å². The molecule has 2 N–H and O–H groups in total. The maximum Gasteiger partial charge on any atom is 0.0707 e. The van der Waals surface area contributed by atoms with Crippen LogP contribution in [0.4, 0.5) is 0 Å². The van der Waals surface area contributed by atoms with Gasteiger partial charge in [0.05, 0.1) is 18.8 Å². The maximum atomic E-state index is 5.86. The number of hydrogen-bond donors (Lipinski definition) is 1. The van der Waals surface area contributed by atoms with Crippen LogP contribution in [-0.4, -0.2) is 36.7 Å². The third kappa shape index (κ3) is 3.16. The molecule has 3 nitrogen and oxygen atoms in total. The van der Waals surface area contributed by atoms with Gasteiger partial charge in [0, 0.05) is 25.2 Å². The molecule has 100 valence electrons. The lowest BCUT2D eigenvalue weighted by molar-refractivity contribution is -0.0410. The first-order chi connectivity index (χ1) is 9.33. The maximum absolute atomic E-state index is 5.86. The Labute approximate surface area is 114 Å². The monoisotopic (exact) mass is 256 g/mol. The first-order valence-corrected chi connectivity index (χ1v) is 6.99. The van der Waals surface area contributed by atoms with Gasteiger partial charge in [-0.05, 0) is 30.5 Å². The predicted molar refractivity (Wildman–Crippen MR) is 75.5 cm³/mol. The minimum absolute atomic E-state index is 0.415. The van der Waals surface area contributed by atoms with Gasteiger partial charge in [0.15, 0.2) is 0 Å². The molecule has 0 radical (unpaired) electrons. The standard InChI is InChI=1S/C16H20N2O/c17-9-1-2-13-3-5-14(6-4-13)10-18-11-15-7-8-16(12-18)19-15/h3-6,15-16H,7-12,17H2. The van der Waals surface area contributed by atoms with E-state index in [4.69, 9.17) is 10.5 Å². The molecule has 0 saturated carbocycles. The highest BCUT2D eigenvalue weighted by Crippen LogP contribution is 2.27. The first-order valence-electron chi connectivity index (χ1n) is 6.99. The molecule has 0 amide bonds. The molecular weight excluding hydrogens is 236 g/mol. The lowest BCUT2D eigenvalue weighted by Crippen LogP contribution is -2.41. The summed E-state index contributed by atoms with van der Waals surface area (Å²) in [5.41, 5.74) is 7.75.